The Bertz CT molecular complexity index is 957. The third-order valence-electron chi connectivity index (χ3n) is 6.19. The summed E-state index contributed by atoms with van der Waals surface area (Å²) in [6, 6.07) is 23.2. The molecule has 0 radical (unpaired) electrons. The van der Waals surface area contributed by atoms with Crippen LogP contribution in [0.5, 0.6) is 0 Å². The number of benzene rings is 2. The molecular formula is C26H29N3O. The molecule has 4 nitrogen and oxygen atoms in total. The largest absolute Gasteiger partial charge is 0.359 e. The fourth-order valence-corrected chi connectivity index (χ4v) is 4.50. The van der Waals surface area contributed by atoms with Crippen molar-refractivity contribution < 1.29 is 4.79 Å². The Morgan fingerprint density at radius 2 is 1.80 bits per heavy atom. The van der Waals surface area contributed by atoms with E-state index in [1.807, 2.05) is 12.3 Å². The van der Waals surface area contributed by atoms with Crippen LogP contribution in [0.1, 0.15) is 17.5 Å². The molecule has 0 saturated carbocycles. The van der Waals surface area contributed by atoms with Gasteiger partial charge in [0.1, 0.15) is 0 Å². The highest BCUT2D eigenvalue weighted by atomic mass is 16.2. The average molecular weight is 400 g/mol. The van der Waals surface area contributed by atoms with Crippen molar-refractivity contribution in [2.45, 2.75) is 19.3 Å². The summed E-state index contributed by atoms with van der Waals surface area (Å²) in [6.45, 7) is 2.76. The molecule has 1 aliphatic rings. The summed E-state index contributed by atoms with van der Waals surface area (Å²) < 4.78 is 0. The van der Waals surface area contributed by atoms with E-state index in [1.54, 1.807) is 13.2 Å². The predicted molar refractivity (Wildman–Crippen MR) is 121 cm³/mol. The van der Waals surface area contributed by atoms with Crippen LogP contribution in [0.4, 0.5) is 0 Å². The molecule has 1 saturated heterocycles. The van der Waals surface area contributed by atoms with Gasteiger partial charge in [0, 0.05) is 32.5 Å². The first kappa shape index (κ1) is 20.3. The molecule has 0 spiro atoms. The van der Waals surface area contributed by atoms with Gasteiger partial charge in [-0.1, -0.05) is 60.7 Å². The summed E-state index contributed by atoms with van der Waals surface area (Å²) in [5.41, 5.74) is 4.45. The van der Waals surface area contributed by atoms with Crippen molar-refractivity contribution >= 4 is 5.91 Å². The van der Waals surface area contributed by atoms with Gasteiger partial charge in [-0.15, -0.1) is 0 Å². The van der Waals surface area contributed by atoms with Gasteiger partial charge in [-0.25, -0.2) is 0 Å². The number of aromatic nitrogens is 1. The summed E-state index contributed by atoms with van der Waals surface area (Å²) in [5.74, 6) is 0.154. The number of likely N-dealkylation sites (tertiary alicyclic amines) is 1. The summed E-state index contributed by atoms with van der Waals surface area (Å²) in [4.78, 5) is 19.5. The molecular weight excluding hydrogens is 370 g/mol. The van der Waals surface area contributed by atoms with Gasteiger partial charge in [0.2, 0.25) is 5.91 Å². The van der Waals surface area contributed by atoms with Crippen LogP contribution in [0.3, 0.4) is 0 Å². The van der Waals surface area contributed by atoms with E-state index in [1.165, 1.54) is 11.1 Å². The van der Waals surface area contributed by atoms with Crippen LogP contribution in [0.25, 0.3) is 11.1 Å². The normalized spacial score (nSPS) is 19.0. The van der Waals surface area contributed by atoms with E-state index >= 15 is 0 Å². The Kier molecular flexibility index (Phi) is 6.24. The molecule has 4 rings (SSSR count). The number of hydrogen-bond acceptors (Lipinski definition) is 3. The van der Waals surface area contributed by atoms with Gasteiger partial charge in [-0.3, -0.25) is 9.78 Å². The van der Waals surface area contributed by atoms with Crippen molar-refractivity contribution in [2.24, 2.45) is 5.41 Å². The predicted octanol–water partition coefficient (Wildman–Crippen LogP) is 3.97. The van der Waals surface area contributed by atoms with Crippen LogP contribution >= 0.6 is 0 Å². The van der Waals surface area contributed by atoms with Crippen LogP contribution in [0, 0.1) is 5.41 Å². The van der Waals surface area contributed by atoms with Crippen molar-refractivity contribution in [1.29, 1.82) is 0 Å². The monoisotopic (exact) mass is 399 g/mol. The molecule has 1 unspecified atom stereocenters. The quantitative estimate of drug-likeness (QED) is 0.654. The van der Waals surface area contributed by atoms with Gasteiger partial charge in [0.05, 0.1) is 5.41 Å². The number of pyridine rings is 1. The summed E-state index contributed by atoms with van der Waals surface area (Å²) in [7, 11) is 1.75. The number of rotatable bonds is 7. The molecule has 1 aromatic heterocycles. The highest BCUT2D eigenvalue weighted by Gasteiger charge is 2.43. The second kappa shape index (κ2) is 9.23. The first-order valence-corrected chi connectivity index (χ1v) is 10.7. The number of nitrogens with one attached hydrogen (secondary N) is 1. The number of amides is 1. The zero-order valence-electron chi connectivity index (χ0n) is 17.6. The van der Waals surface area contributed by atoms with E-state index in [9.17, 15) is 4.79 Å². The minimum Gasteiger partial charge on any atom is -0.359 e. The van der Waals surface area contributed by atoms with Crippen molar-refractivity contribution in [3.05, 3.63) is 90.3 Å². The van der Waals surface area contributed by atoms with Crippen LogP contribution < -0.4 is 5.32 Å². The highest BCUT2D eigenvalue weighted by Crippen LogP contribution is 2.35. The van der Waals surface area contributed by atoms with Gasteiger partial charge >= 0.3 is 0 Å². The average Bonchev–Trinajstić information content (AvgIpc) is 3.23. The van der Waals surface area contributed by atoms with E-state index in [-0.39, 0.29) is 11.3 Å². The topological polar surface area (TPSA) is 45.2 Å². The molecule has 1 fully saturated rings. The van der Waals surface area contributed by atoms with E-state index in [2.05, 4.69) is 75.9 Å². The van der Waals surface area contributed by atoms with Crippen LogP contribution in [0.15, 0.2) is 79.1 Å². The lowest BCUT2D eigenvalue weighted by Crippen LogP contribution is -2.43. The molecule has 3 aromatic rings. The molecule has 1 atom stereocenters. The number of carbonyl (C=O) groups is 1. The molecule has 0 bridgehead atoms. The van der Waals surface area contributed by atoms with Crippen molar-refractivity contribution in [2.75, 3.05) is 26.7 Å². The lowest BCUT2D eigenvalue weighted by Gasteiger charge is -2.28. The van der Waals surface area contributed by atoms with Crippen molar-refractivity contribution in [3.8, 4) is 11.1 Å². The third kappa shape index (κ3) is 4.60. The maximum atomic E-state index is 12.9. The molecule has 4 heteroatoms. The Hall–Kier alpha value is -2.98. The van der Waals surface area contributed by atoms with Crippen molar-refractivity contribution in [3.63, 3.8) is 0 Å². The SMILES string of the molecule is CNC(=O)C1(Cc2ccc(-c3cccnc3)cc2)CCN(CCc2ccccc2)C1. The Balaban J connectivity index is 1.44. The van der Waals surface area contributed by atoms with Gasteiger partial charge in [-0.05, 0) is 54.1 Å². The Morgan fingerprint density at radius 3 is 2.50 bits per heavy atom. The molecule has 2 heterocycles. The Labute approximate surface area is 179 Å². The van der Waals surface area contributed by atoms with E-state index in [0.717, 1.165) is 50.0 Å². The fourth-order valence-electron chi connectivity index (χ4n) is 4.50. The minimum atomic E-state index is -0.360. The van der Waals surface area contributed by atoms with Crippen LogP contribution in [-0.4, -0.2) is 42.5 Å². The molecule has 0 aliphatic carbocycles. The molecule has 2 aromatic carbocycles. The first-order chi connectivity index (χ1) is 14.7. The second-order valence-corrected chi connectivity index (χ2v) is 8.24. The molecule has 154 valence electrons. The highest BCUT2D eigenvalue weighted by molar-refractivity contribution is 5.83. The van der Waals surface area contributed by atoms with Crippen molar-refractivity contribution in [1.82, 2.24) is 15.2 Å². The van der Waals surface area contributed by atoms with Crippen LogP contribution in [-0.2, 0) is 17.6 Å². The van der Waals surface area contributed by atoms with Gasteiger partial charge in [-0.2, -0.15) is 0 Å². The summed E-state index contributed by atoms with van der Waals surface area (Å²) in [6.07, 6.45) is 6.34. The summed E-state index contributed by atoms with van der Waals surface area (Å²) >= 11 is 0. The maximum Gasteiger partial charge on any atom is 0.227 e. The van der Waals surface area contributed by atoms with E-state index in [0.29, 0.717) is 0 Å². The first-order valence-electron chi connectivity index (χ1n) is 10.7. The third-order valence-corrected chi connectivity index (χ3v) is 6.19. The smallest absolute Gasteiger partial charge is 0.227 e. The standard InChI is InChI=1S/C26H29N3O/c1-27-25(30)26(14-17-29(20-26)16-13-21-6-3-2-4-7-21)18-22-9-11-23(12-10-22)24-8-5-15-28-19-24/h2-12,15,19H,13-14,16-18,20H2,1H3,(H,27,30). The fraction of sp³-hybridized carbons (Fsp3) is 0.308. The molecule has 30 heavy (non-hydrogen) atoms. The zero-order valence-corrected chi connectivity index (χ0v) is 17.6. The molecule has 1 aliphatic heterocycles. The molecule has 1 N–H and O–H groups in total. The molecule has 1 amide bonds. The van der Waals surface area contributed by atoms with E-state index in [4.69, 9.17) is 0 Å². The summed E-state index contributed by atoms with van der Waals surface area (Å²) in [5, 5.41) is 2.93. The van der Waals surface area contributed by atoms with Gasteiger partial charge in [0.15, 0.2) is 0 Å². The number of carbonyl (C=O) groups excluding carboxylic acids is 1. The number of hydrogen-bond donors (Lipinski definition) is 1. The van der Waals surface area contributed by atoms with E-state index < -0.39 is 0 Å². The Morgan fingerprint density at radius 1 is 1.00 bits per heavy atom. The minimum absolute atomic E-state index is 0.154. The van der Waals surface area contributed by atoms with Gasteiger partial charge < -0.3 is 10.2 Å². The number of nitrogens with zero attached hydrogens (tertiary/aromatic N) is 2. The maximum absolute atomic E-state index is 12.9. The zero-order chi connectivity index (χ0) is 20.8. The van der Waals surface area contributed by atoms with Gasteiger partial charge in [0.25, 0.3) is 0 Å². The van der Waals surface area contributed by atoms with Crippen LogP contribution in [0.2, 0.25) is 0 Å². The lowest BCUT2D eigenvalue weighted by atomic mass is 9.79. The second-order valence-electron chi connectivity index (χ2n) is 8.24. The lowest BCUT2D eigenvalue weighted by molar-refractivity contribution is -0.129.